The maximum absolute atomic E-state index is 4.36. The van der Waals surface area contributed by atoms with Crippen LogP contribution < -0.4 is 0 Å². The van der Waals surface area contributed by atoms with E-state index >= 15 is 0 Å². The van der Waals surface area contributed by atoms with Crippen LogP contribution in [0.1, 0.15) is 20.8 Å². The first-order valence-corrected chi connectivity index (χ1v) is 4.69. The molecule has 0 unspecified atom stereocenters. The first-order chi connectivity index (χ1) is 5.18. The van der Waals surface area contributed by atoms with Gasteiger partial charge in [0.1, 0.15) is 0 Å². The SMILES string of the molecule is CC(C)=C/C=C1\CSC(C)=N1. The summed E-state index contributed by atoms with van der Waals surface area (Å²) in [6.07, 6.45) is 4.21. The van der Waals surface area contributed by atoms with Crippen LogP contribution in [-0.2, 0) is 0 Å². The van der Waals surface area contributed by atoms with Crippen LogP contribution in [0.25, 0.3) is 0 Å². The van der Waals surface area contributed by atoms with Crippen molar-refractivity contribution in [3.63, 3.8) is 0 Å². The summed E-state index contributed by atoms with van der Waals surface area (Å²) in [6, 6.07) is 0. The highest BCUT2D eigenvalue weighted by molar-refractivity contribution is 8.14. The molecule has 0 saturated carbocycles. The minimum Gasteiger partial charge on any atom is -0.250 e. The van der Waals surface area contributed by atoms with E-state index in [4.69, 9.17) is 0 Å². The molecule has 1 nitrogen and oxygen atoms in total. The van der Waals surface area contributed by atoms with Crippen LogP contribution in [0.3, 0.4) is 0 Å². The van der Waals surface area contributed by atoms with Gasteiger partial charge in [0.25, 0.3) is 0 Å². The van der Waals surface area contributed by atoms with Crippen molar-refractivity contribution in [3.05, 3.63) is 23.4 Å². The monoisotopic (exact) mass is 167 g/mol. The third-order valence-electron chi connectivity index (χ3n) is 1.34. The molecule has 0 aromatic carbocycles. The fourth-order valence-corrected chi connectivity index (χ4v) is 1.49. The number of hydrogen-bond donors (Lipinski definition) is 0. The minimum atomic E-state index is 1.04. The summed E-state index contributed by atoms with van der Waals surface area (Å²) in [5.41, 5.74) is 2.51. The molecule has 0 amide bonds. The topological polar surface area (TPSA) is 12.4 Å². The van der Waals surface area contributed by atoms with Gasteiger partial charge in [0.2, 0.25) is 0 Å². The number of thioether (sulfide) groups is 1. The van der Waals surface area contributed by atoms with E-state index in [1.165, 1.54) is 16.3 Å². The summed E-state index contributed by atoms with van der Waals surface area (Å²) in [5.74, 6) is 1.04. The molecular formula is C9H13NS. The van der Waals surface area contributed by atoms with Gasteiger partial charge in [0.05, 0.1) is 10.7 Å². The molecule has 0 N–H and O–H groups in total. The number of aliphatic imine (C=N–C) groups is 1. The zero-order valence-corrected chi connectivity index (χ0v) is 8.03. The molecule has 0 saturated heterocycles. The fraction of sp³-hybridized carbons (Fsp3) is 0.444. The van der Waals surface area contributed by atoms with Crippen LogP contribution in [0.4, 0.5) is 0 Å². The van der Waals surface area contributed by atoms with Crippen molar-refractivity contribution in [1.82, 2.24) is 0 Å². The number of nitrogens with zero attached hydrogens (tertiary/aromatic N) is 1. The molecule has 0 bridgehead atoms. The molecule has 0 aliphatic carbocycles. The van der Waals surface area contributed by atoms with Gasteiger partial charge in [-0.05, 0) is 26.8 Å². The van der Waals surface area contributed by atoms with E-state index < -0.39 is 0 Å². The summed E-state index contributed by atoms with van der Waals surface area (Å²) < 4.78 is 0. The zero-order valence-electron chi connectivity index (χ0n) is 7.22. The molecule has 0 aromatic rings. The van der Waals surface area contributed by atoms with Crippen LogP contribution in [0.15, 0.2) is 28.4 Å². The number of rotatable bonds is 1. The Kier molecular flexibility index (Phi) is 2.94. The molecule has 1 heterocycles. The van der Waals surface area contributed by atoms with E-state index in [2.05, 4.69) is 31.0 Å². The number of allylic oxidation sites excluding steroid dienone is 3. The second-order valence-corrected chi connectivity index (χ2v) is 3.99. The molecule has 2 heteroatoms. The standard InChI is InChI=1S/C9H13NS/c1-7(2)4-5-9-6-11-8(3)10-9/h4-5H,6H2,1-3H3/b9-5+. The zero-order chi connectivity index (χ0) is 8.27. The van der Waals surface area contributed by atoms with Gasteiger partial charge in [-0.2, -0.15) is 0 Å². The third kappa shape index (κ3) is 2.93. The largest absolute Gasteiger partial charge is 0.250 e. The Morgan fingerprint density at radius 1 is 1.55 bits per heavy atom. The molecule has 1 rings (SSSR count). The van der Waals surface area contributed by atoms with Crippen LogP contribution in [0, 0.1) is 0 Å². The predicted molar refractivity (Wildman–Crippen MR) is 53.1 cm³/mol. The average Bonchev–Trinajstić information content (AvgIpc) is 2.31. The fourth-order valence-electron chi connectivity index (χ4n) is 0.793. The summed E-state index contributed by atoms with van der Waals surface area (Å²) in [4.78, 5) is 4.36. The summed E-state index contributed by atoms with van der Waals surface area (Å²) in [6.45, 7) is 6.24. The van der Waals surface area contributed by atoms with Gasteiger partial charge in [0, 0.05) is 5.75 Å². The molecule has 60 valence electrons. The first kappa shape index (κ1) is 8.60. The summed E-state index contributed by atoms with van der Waals surface area (Å²) >= 11 is 1.81. The maximum Gasteiger partial charge on any atom is 0.0707 e. The Morgan fingerprint density at radius 2 is 2.27 bits per heavy atom. The van der Waals surface area contributed by atoms with Crippen molar-refractivity contribution < 1.29 is 0 Å². The smallest absolute Gasteiger partial charge is 0.0707 e. The van der Waals surface area contributed by atoms with E-state index in [1.807, 2.05) is 18.7 Å². The lowest BCUT2D eigenvalue weighted by atomic mass is 10.3. The molecule has 0 radical (unpaired) electrons. The Hall–Kier alpha value is -0.500. The highest BCUT2D eigenvalue weighted by Crippen LogP contribution is 2.20. The first-order valence-electron chi connectivity index (χ1n) is 3.70. The van der Waals surface area contributed by atoms with Crippen LogP contribution in [0.2, 0.25) is 0 Å². The normalized spacial score (nSPS) is 20.3. The van der Waals surface area contributed by atoms with Gasteiger partial charge in [-0.15, -0.1) is 11.8 Å². The molecule has 1 aliphatic heterocycles. The lowest BCUT2D eigenvalue weighted by molar-refractivity contribution is 1.33. The van der Waals surface area contributed by atoms with Crippen LogP contribution >= 0.6 is 11.8 Å². The minimum absolute atomic E-state index is 1.04. The quantitative estimate of drug-likeness (QED) is 0.585. The predicted octanol–water partition coefficient (Wildman–Crippen LogP) is 3.00. The van der Waals surface area contributed by atoms with E-state index in [0.29, 0.717) is 0 Å². The Bertz CT molecular complexity index is 232. The van der Waals surface area contributed by atoms with Gasteiger partial charge >= 0.3 is 0 Å². The summed E-state index contributed by atoms with van der Waals surface area (Å²) in [7, 11) is 0. The van der Waals surface area contributed by atoms with Crippen molar-refractivity contribution >= 4 is 16.8 Å². The summed E-state index contributed by atoms with van der Waals surface area (Å²) in [5, 5.41) is 1.18. The van der Waals surface area contributed by atoms with Gasteiger partial charge in [-0.3, -0.25) is 4.99 Å². The van der Waals surface area contributed by atoms with Crippen molar-refractivity contribution in [1.29, 1.82) is 0 Å². The molecule has 11 heavy (non-hydrogen) atoms. The highest BCUT2D eigenvalue weighted by atomic mass is 32.2. The molecule has 0 fully saturated rings. The van der Waals surface area contributed by atoms with E-state index in [1.54, 1.807) is 0 Å². The van der Waals surface area contributed by atoms with Gasteiger partial charge in [0.15, 0.2) is 0 Å². The molecular weight excluding hydrogens is 154 g/mol. The van der Waals surface area contributed by atoms with E-state index in [-0.39, 0.29) is 0 Å². The Morgan fingerprint density at radius 3 is 2.73 bits per heavy atom. The third-order valence-corrected chi connectivity index (χ3v) is 2.29. The molecule has 0 atom stereocenters. The highest BCUT2D eigenvalue weighted by Gasteiger charge is 2.05. The molecule has 0 spiro atoms. The molecule has 0 aromatic heterocycles. The second kappa shape index (κ2) is 3.77. The van der Waals surface area contributed by atoms with Crippen LogP contribution in [-0.4, -0.2) is 10.8 Å². The average molecular weight is 167 g/mol. The lowest BCUT2D eigenvalue weighted by Crippen LogP contribution is -1.73. The van der Waals surface area contributed by atoms with E-state index in [9.17, 15) is 0 Å². The van der Waals surface area contributed by atoms with Gasteiger partial charge < -0.3 is 0 Å². The van der Waals surface area contributed by atoms with Gasteiger partial charge in [-0.1, -0.05) is 11.6 Å². The maximum atomic E-state index is 4.36. The van der Waals surface area contributed by atoms with E-state index in [0.717, 1.165) is 5.75 Å². The van der Waals surface area contributed by atoms with Crippen molar-refractivity contribution in [2.45, 2.75) is 20.8 Å². The van der Waals surface area contributed by atoms with Gasteiger partial charge in [-0.25, -0.2) is 0 Å². The van der Waals surface area contributed by atoms with Crippen molar-refractivity contribution in [3.8, 4) is 0 Å². The Balaban J connectivity index is 2.63. The number of hydrogen-bond acceptors (Lipinski definition) is 2. The van der Waals surface area contributed by atoms with Crippen LogP contribution in [0.5, 0.6) is 0 Å². The Labute approximate surface area is 72.3 Å². The molecule has 1 aliphatic rings. The second-order valence-electron chi connectivity index (χ2n) is 2.82. The van der Waals surface area contributed by atoms with Crippen molar-refractivity contribution in [2.24, 2.45) is 4.99 Å². The lowest BCUT2D eigenvalue weighted by Gasteiger charge is -1.87. The van der Waals surface area contributed by atoms with Crippen molar-refractivity contribution in [2.75, 3.05) is 5.75 Å².